The lowest BCUT2D eigenvalue weighted by molar-refractivity contribution is -0.113. The Labute approximate surface area is 200 Å². The highest BCUT2D eigenvalue weighted by Gasteiger charge is 2.44. The van der Waals surface area contributed by atoms with Crippen molar-refractivity contribution in [3.63, 3.8) is 0 Å². The molecule has 0 radical (unpaired) electrons. The normalized spacial score (nSPS) is 22.8. The monoisotopic (exact) mass is 506 g/mol. The fraction of sp³-hybridized carbons (Fsp3) is 0.222. The predicted molar refractivity (Wildman–Crippen MR) is 132 cm³/mol. The first-order valence-corrected chi connectivity index (χ1v) is 12.4. The van der Waals surface area contributed by atoms with Gasteiger partial charge in [-0.25, -0.2) is 0 Å². The summed E-state index contributed by atoms with van der Waals surface area (Å²) in [6, 6.07) is 26.2. The number of thioether (sulfide) groups is 1. The van der Waals surface area contributed by atoms with Crippen LogP contribution in [0.4, 0.5) is 0 Å². The molecule has 1 aliphatic heterocycles. The van der Waals surface area contributed by atoms with Gasteiger partial charge in [-0.2, -0.15) is 0 Å². The van der Waals surface area contributed by atoms with Crippen molar-refractivity contribution in [3.8, 4) is 0 Å². The molecule has 0 amide bonds. The number of hydrogen-bond donors (Lipinski definition) is 0. The van der Waals surface area contributed by atoms with Gasteiger partial charge in [-0.3, -0.25) is 9.59 Å². The Morgan fingerprint density at radius 2 is 1.47 bits per heavy atom. The Balaban J connectivity index is 1.66. The molecule has 3 nitrogen and oxygen atoms in total. The first-order valence-electron chi connectivity index (χ1n) is 10.6. The van der Waals surface area contributed by atoms with E-state index >= 15 is 0 Å². The summed E-state index contributed by atoms with van der Waals surface area (Å²) in [4.78, 5) is 38.8. The summed E-state index contributed by atoms with van der Waals surface area (Å²) in [6.07, 6.45) is 1.25. The molecule has 1 heterocycles. The van der Waals surface area contributed by atoms with Crippen molar-refractivity contribution in [2.45, 2.75) is 17.6 Å². The lowest BCUT2D eigenvalue weighted by atomic mass is 9.73. The lowest BCUT2D eigenvalue weighted by Crippen LogP contribution is -2.41. The maximum atomic E-state index is 13.4. The molecule has 0 N–H and O–H groups in total. The molecule has 5 heteroatoms. The van der Waals surface area contributed by atoms with Crippen LogP contribution in [0.2, 0.25) is 0 Å². The van der Waals surface area contributed by atoms with E-state index in [1.807, 2.05) is 84.9 Å². The van der Waals surface area contributed by atoms with Crippen LogP contribution in [-0.4, -0.2) is 28.9 Å². The first-order chi connectivity index (χ1) is 15.6. The molecule has 1 aliphatic rings. The minimum Gasteiger partial charge on any atom is -0.303 e. The third-order valence-corrected chi connectivity index (χ3v) is 8.06. The number of carbonyl (C=O) groups is 3. The van der Waals surface area contributed by atoms with E-state index in [2.05, 4.69) is 15.9 Å². The Hall–Kier alpha value is -2.50. The van der Waals surface area contributed by atoms with Gasteiger partial charge in [0.1, 0.15) is 6.29 Å². The molecule has 0 saturated carbocycles. The lowest BCUT2D eigenvalue weighted by Gasteiger charge is -2.40. The fourth-order valence-electron chi connectivity index (χ4n) is 4.40. The van der Waals surface area contributed by atoms with Gasteiger partial charge in [0.2, 0.25) is 0 Å². The molecule has 4 atom stereocenters. The number of hydrogen-bond acceptors (Lipinski definition) is 4. The Bertz CT molecular complexity index is 1080. The quantitative estimate of drug-likeness (QED) is 0.281. The highest BCUT2D eigenvalue weighted by molar-refractivity contribution is 9.10. The number of Topliss-reactive ketones (excluding diaryl/α,β-unsaturated/α-hetero) is 2. The standard InChI is InChI=1S/C27H23BrO3S/c28-22-13-11-19(12-14-22)25-23(16-29)21(15-24(30)18-7-3-1-4-8-18)17-32-27(25)26(31)20-9-5-2-6-10-20/h1-14,16,21,23,25,27H,15,17H2/t21-,23+,25-,27-/m1/s1. The van der Waals surface area contributed by atoms with Crippen molar-refractivity contribution in [2.75, 3.05) is 5.75 Å². The molecule has 0 aliphatic carbocycles. The molecule has 0 unspecified atom stereocenters. The van der Waals surface area contributed by atoms with E-state index < -0.39 is 5.92 Å². The summed E-state index contributed by atoms with van der Waals surface area (Å²) in [5, 5.41) is -0.378. The van der Waals surface area contributed by atoms with Gasteiger partial charge in [-0.15, -0.1) is 11.8 Å². The van der Waals surface area contributed by atoms with Crippen molar-refractivity contribution in [1.82, 2.24) is 0 Å². The van der Waals surface area contributed by atoms with E-state index in [-0.39, 0.29) is 28.7 Å². The van der Waals surface area contributed by atoms with E-state index in [9.17, 15) is 14.4 Å². The average molecular weight is 507 g/mol. The zero-order valence-electron chi connectivity index (χ0n) is 17.4. The van der Waals surface area contributed by atoms with Gasteiger partial charge in [0, 0.05) is 33.9 Å². The second kappa shape index (κ2) is 10.4. The molecule has 162 valence electrons. The smallest absolute Gasteiger partial charge is 0.176 e. The van der Waals surface area contributed by atoms with Gasteiger partial charge < -0.3 is 4.79 Å². The number of ketones is 2. The van der Waals surface area contributed by atoms with Crippen molar-refractivity contribution in [1.29, 1.82) is 0 Å². The third kappa shape index (κ3) is 4.94. The van der Waals surface area contributed by atoms with Gasteiger partial charge >= 0.3 is 0 Å². The minimum atomic E-state index is -0.414. The summed E-state index contributed by atoms with van der Waals surface area (Å²) in [6.45, 7) is 0. The fourth-order valence-corrected chi connectivity index (χ4v) is 6.29. The highest BCUT2D eigenvalue weighted by Crippen LogP contribution is 2.46. The molecule has 1 saturated heterocycles. The van der Waals surface area contributed by atoms with Crippen LogP contribution in [0.1, 0.15) is 38.6 Å². The van der Waals surface area contributed by atoms with Gasteiger partial charge in [-0.05, 0) is 29.4 Å². The van der Waals surface area contributed by atoms with E-state index in [1.165, 1.54) is 0 Å². The van der Waals surface area contributed by atoms with Gasteiger partial charge in [0.25, 0.3) is 0 Å². The second-order valence-electron chi connectivity index (χ2n) is 8.03. The predicted octanol–water partition coefficient (Wildman–Crippen LogP) is 6.24. The van der Waals surface area contributed by atoms with Crippen molar-refractivity contribution in [3.05, 3.63) is 106 Å². The maximum absolute atomic E-state index is 13.4. The van der Waals surface area contributed by atoms with E-state index in [4.69, 9.17) is 0 Å². The summed E-state index contributed by atoms with van der Waals surface area (Å²) in [7, 11) is 0. The van der Waals surface area contributed by atoms with E-state index in [0.717, 1.165) is 16.3 Å². The number of carbonyl (C=O) groups excluding carboxylic acids is 3. The minimum absolute atomic E-state index is 0.0307. The van der Waals surface area contributed by atoms with Crippen molar-refractivity contribution >= 4 is 45.5 Å². The summed E-state index contributed by atoms with van der Waals surface area (Å²) < 4.78 is 0.939. The van der Waals surface area contributed by atoms with Crippen LogP contribution >= 0.6 is 27.7 Å². The Morgan fingerprint density at radius 3 is 2.06 bits per heavy atom. The number of benzene rings is 3. The summed E-state index contributed by atoms with van der Waals surface area (Å²) in [5.74, 6) is -0.172. The average Bonchev–Trinajstić information content (AvgIpc) is 2.85. The highest BCUT2D eigenvalue weighted by atomic mass is 79.9. The Kier molecular flexibility index (Phi) is 7.38. The van der Waals surface area contributed by atoms with Crippen LogP contribution in [-0.2, 0) is 4.79 Å². The van der Waals surface area contributed by atoms with Gasteiger partial charge in [0.05, 0.1) is 5.25 Å². The molecule has 4 rings (SSSR count). The zero-order chi connectivity index (χ0) is 22.5. The van der Waals surface area contributed by atoms with E-state index in [1.54, 1.807) is 11.8 Å². The van der Waals surface area contributed by atoms with E-state index in [0.29, 0.717) is 23.3 Å². The molecular formula is C27H23BrO3S. The molecule has 0 aromatic heterocycles. The van der Waals surface area contributed by atoms with Gasteiger partial charge in [-0.1, -0.05) is 88.7 Å². The number of rotatable bonds is 7. The summed E-state index contributed by atoms with van der Waals surface area (Å²) in [5.41, 5.74) is 2.25. The molecule has 1 fully saturated rings. The van der Waals surface area contributed by atoms with Crippen LogP contribution in [0.3, 0.4) is 0 Å². The molecule has 3 aromatic rings. The van der Waals surface area contributed by atoms with Crippen LogP contribution in [0.15, 0.2) is 89.4 Å². The van der Waals surface area contributed by atoms with Gasteiger partial charge in [0.15, 0.2) is 11.6 Å². The first kappa shape index (κ1) is 22.7. The van der Waals surface area contributed by atoms with Crippen molar-refractivity contribution < 1.29 is 14.4 Å². The SMILES string of the molecule is O=C[C@H]1[C@H](CC(=O)c2ccccc2)CS[C@@H](C(=O)c2ccccc2)[C@@H]1c1ccc(Br)cc1. The maximum Gasteiger partial charge on any atom is 0.176 e. The largest absolute Gasteiger partial charge is 0.303 e. The van der Waals surface area contributed by atoms with Crippen LogP contribution in [0.5, 0.6) is 0 Å². The summed E-state index contributed by atoms with van der Waals surface area (Å²) >= 11 is 5.03. The number of halogens is 1. The zero-order valence-corrected chi connectivity index (χ0v) is 19.8. The second-order valence-corrected chi connectivity index (χ2v) is 10.1. The molecule has 0 spiro atoms. The van der Waals surface area contributed by atoms with Crippen molar-refractivity contribution in [2.24, 2.45) is 11.8 Å². The van der Waals surface area contributed by atoms with Crippen LogP contribution in [0.25, 0.3) is 0 Å². The van der Waals surface area contributed by atoms with Crippen LogP contribution in [0, 0.1) is 11.8 Å². The topological polar surface area (TPSA) is 51.2 Å². The number of aldehydes is 1. The molecule has 0 bridgehead atoms. The molecular weight excluding hydrogens is 484 g/mol. The Morgan fingerprint density at radius 1 is 0.875 bits per heavy atom. The molecule has 32 heavy (non-hydrogen) atoms. The third-order valence-electron chi connectivity index (χ3n) is 6.05. The van der Waals surface area contributed by atoms with Crippen LogP contribution < -0.4 is 0 Å². The molecule has 3 aromatic carbocycles.